The summed E-state index contributed by atoms with van der Waals surface area (Å²) in [5.74, 6) is 0. The van der Waals surface area contributed by atoms with Gasteiger partial charge < -0.3 is 4.74 Å². The van der Waals surface area contributed by atoms with Gasteiger partial charge >= 0.3 is 0 Å². The van der Waals surface area contributed by atoms with Gasteiger partial charge in [-0.15, -0.1) is 6.58 Å². The number of rotatable bonds is 4. The van der Waals surface area contributed by atoms with Crippen molar-refractivity contribution in [2.75, 3.05) is 13.7 Å². The van der Waals surface area contributed by atoms with Crippen LogP contribution in [0.3, 0.4) is 0 Å². The van der Waals surface area contributed by atoms with Crippen LogP contribution in [0.25, 0.3) is 0 Å². The van der Waals surface area contributed by atoms with Crippen molar-refractivity contribution >= 4 is 0 Å². The van der Waals surface area contributed by atoms with Crippen molar-refractivity contribution < 1.29 is 4.74 Å². The third-order valence-corrected chi connectivity index (χ3v) is 1.23. The molecule has 0 atom stereocenters. The number of allylic oxidation sites excluding steroid dienone is 1. The molecule has 0 amide bonds. The van der Waals surface area contributed by atoms with Gasteiger partial charge in [0.2, 0.25) is 0 Å². The molecule has 0 radical (unpaired) electrons. The Labute approximate surface area is 57.7 Å². The molecule has 0 unspecified atom stereocenters. The van der Waals surface area contributed by atoms with Crippen molar-refractivity contribution in [2.45, 2.75) is 20.3 Å². The third-order valence-electron chi connectivity index (χ3n) is 1.23. The van der Waals surface area contributed by atoms with Crippen molar-refractivity contribution in [1.29, 1.82) is 0 Å². The maximum absolute atomic E-state index is 5.01. The van der Waals surface area contributed by atoms with Crippen LogP contribution in [0.1, 0.15) is 20.3 Å². The highest BCUT2D eigenvalue weighted by atomic mass is 16.5. The highest BCUT2D eigenvalue weighted by molar-refractivity contribution is 4.78. The smallest absolute Gasteiger partial charge is 0.0516 e. The quantitative estimate of drug-likeness (QED) is 0.527. The number of hydrogen-bond acceptors (Lipinski definition) is 1. The Bertz CT molecular complexity index is 84.6. The fourth-order valence-corrected chi connectivity index (χ4v) is 0.840. The molecular formula is C8H16O. The second-order valence-corrected chi connectivity index (χ2v) is 3.09. The first-order valence-corrected chi connectivity index (χ1v) is 3.22. The first kappa shape index (κ1) is 8.70. The van der Waals surface area contributed by atoms with Gasteiger partial charge in [0.25, 0.3) is 0 Å². The van der Waals surface area contributed by atoms with Gasteiger partial charge in [-0.2, -0.15) is 0 Å². The molecule has 0 aliphatic heterocycles. The monoisotopic (exact) mass is 128 g/mol. The van der Waals surface area contributed by atoms with Gasteiger partial charge in [-0.3, -0.25) is 0 Å². The lowest BCUT2D eigenvalue weighted by atomic mass is 9.91. The number of ether oxygens (including phenoxy) is 1. The first-order valence-electron chi connectivity index (χ1n) is 3.22. The highest BCUT2D eigenvalue weighted by Gasteiger charge is 2.14. The van der Waals surface area contributed by atoms with Crippen LogP contribution in [-0.2, 0) is 4.74 Å². The molecule has 0 rings (SSSR count). The number of hydrogen-bond donors (Lipinski definition) is 0. The fraction of sp³-hybridized carbons (Fsp3) is 0.750. The zero-order valence-electron chi connectivity index (χ0n) is 6.61. The summed E-state index contributed by atoms with van der Waals surface area (Å²) in [7, 11) is 1.73. The Hall–Kier alpha value is -0.300. The van der Waals surface area contributed by atoms with Crippen LogP contribution in [0.2, 0.25) is 0 Å². The molecule has 0 spiro atoms. The molecule has 0 aromatic heterocycles. The summed E-state index contributed by atoms with van der Waals surface area (Å²) in [4.78, 5) is 0. The van der Waals surface area contributed by atoms with E-state index in [0.717, 1.165) is 13.0 Å². The Balaban J connectivity index is 3.55. The second kappa shape index (κ2) is 3.67. The summed E-state index contributed by atoms with van der Waals surface area (Å²) in [5.41, 5.74) is 0.260. The van der Waals surface area contributed by atoms with Crippen molar-refractivity contribution in [3.63, 3.8) is 0 Å². The molecule has 0 bridgehead atoms. The van der Waals surface area contributed by atoms with Gasteiger partial charge in [0.15, 0.2) is 0 Å². The van der Waals surface area contributed by atoms with Crippen molar-refractivity contribution in [2.24, 2.45) is 5.41 Å². The second-order valence-electron chi connectivity index (χ2n) is 3.09. The molecule has 54 valence electrons. The standard InChI is InChI=1S/C8H16O/c1-5-6-8(2,3)7-9-4/h5H,1,6-7H2,2-4H3. The molecule has 0 aliphatic rings. The van der Waals surface area contributed by atoms with Crippen LogP contribution in [0.5, 0.6) is 0 Å². The van der Waals surface area contributed by atoms with Gasteiger partial charge in [0.1, 0.15) is 0 Å². The first-order chi connectivity index (χ1) is 4.12. The van der Waals surface area contributed by atoms with Crippen LogP contribution >= 0.6 is 0 Å². The molecule has 1 heteroatoms. The molecular weight excluding hydrogens is 112 g/mol. The number of methoxy groups -OCH3 is 1. The van der Waals surface area contributed by atoms with Crippen LogP contribution in [0, 0.1) is 5.41 Å². The van der Waals surface area contributed by atoms with E-state index in [1.54, 1.807) is 7.11 Å². The maximum atomic E-state index is 5.01. The van der Waals surface area contributed by atoms with Gasteiger partial charge in [-0.1, -0.05) is 19.9 Å². The van der Waals surface area contributed by atoms with E-state index >= 15 is 0 Å². The van der Waals surface area contributed by atoms with Crippen LogP contribution < -0.4 is 0 Å². The molecule has 0 aromatic rings. The molecule has 9 heavy (non-hydrogen) atoms. The molecule has 0 fully saturated rings. The van der Waals surface area contributed by atoms with Gasteiger partial charge in [-0.05, 0) is 11.8 Å². The minimum Gasteiger partial charge on any atom is -0.384 e. The molecule has 0 saturated heterocycles. The van der Waals surface area contributed by atoms with E-state index in [4.69, 9.17) is 4.74 Å². The third kappa shape index (κ3) is 4.22. The van der Waals surface area contributed by atoms with Crippen molar-refractivity contribution in [1.82, 2.24) is 0 Å². The topological polar surface area (TPSA) is 9.23 Å². The molecule has 0 aromatic carbocycles. The van der Waals surface area contributed by atoms with E-state index in [2.05, 4.69) is 20.4 Å². The van der Waals surface area contributed by atoms with Gasteiger partial charge in [0.05, 0.1) is 6.61 Å². The van der Waals surface area contributed by atoms with E-state index in [9.17, 15) is 0 Å². The lowest BCUT2D eigenvalue weighted by Crippen LogP contribution is -2.16. The maximum Gasteiger partial charge on any atom is 0.0516 e. The van der Waals surface area contributed by atoms with E-state index < -0.39 is 0 Å². The summed E-state index contributed by atoms with van der Waals surface area (Å²) < 4.78 is 5.01. The molecule has 1 nitrogen and oxygen atoms in total. The van der Waals surface area contributed by atoms with E-state index in [1.165, 1.54) is 0 Å². The average molecular weight is 128 g/mol. The van der Waals surface area contributed by atoms with E-state index in [1.807, 2.05) is 6.08 Å². The molecule has 0 heterocycles. The highest BCUT2D eigenvalue weighted by Crippen LogP contribution is 2.19. The van der Waals surface area contributed by atoms with Gasteiger partial charge in [-0.25, -0.2) is 0 Å². The van der Waals surface area contributed by atoms with Crippen LogP contribution in [-0.4, -0.2) is 13.7 Å². The Kier molecular flexibility index (Phi) is 3.55. The minimum atomic E-state index is 0.260. The molecule has 0 saturated carbocycles. The summed E-state index contributed by atoms with van der Waals surface area (Å²) in [5, 5.41) is 0. The Morgan fingerprint density at radius 3 is 2.44 bits per heavy atom. The fourth-order valence-electron chi connectivity index (χ4n) is 0.840. The zero-order chi connectivity index (χ0) is 7.33. The summed E-state index contributed by atoms with van der Waals surface area (Å²) >= 11 is 0. The lowest BCUT2D eigenvalue weighted by molar-refractivity contribution is 0.106. The largest absolute Gasteiger partial charge is 0.384 e. The molecule has 0 N–H and O–H groups in total. The SMILES string of the molecule is C=CCC(C)(C)COC. The minimum absolute atomic E-state index is 0.260. The zero-order valence-corrected chi connectivity index (χ0v) is 6.61. The van der Waals surface area contributed by atoms with E-state index in [-0.39, 0.29) is 5.41 Å². The van der Waals surface area contributed by atoms with E-state index in [0.29, 0.717) is 0 Å². The van der Waals surface area contributed by atoms with Crippen molar-refractivity contribution in [3.8, 4) is 0 Å². The molecule has 0 aliphatic carbocycles. The predicted octanol–water partition coefficient (Wildman–Crippen LogP) is 2.24. The summed E-state index contributed by atoms with van der Waals surface area (Å²) in [6.45, 7) is 8.81. The van der Waals surface area contributed by atoms with Gasteiger partial charge in [0, 0.05) is 7.11 Å². The Morgan fingerprint density at radius 2 is 2.11 bits per heavy atom. The Morgan fingerprint density at radius 1 is 1.56 bits per heavy atom. The van der Waals surface area contributed by atoms with Crippen molar-refractivity contribution in [3.05, 3.63) is 12.7 Å². The lowest BCUT2D eigenvalue weighted by Gasteiger charge is -2.20. The normalized spacial score (nSPS) is 11.4. The summed E-state index contributed by atoms with van der Waals surface area (Å²) in [6.07, 6.45) is 2.94. The van der Waals surface area contributed by atoms with Crippen LogP contribution in [0.15, 0.2) is 12.7 Å². The van der Waals surface area contributed by atoms with Crippen LogP contribution in [0.4, 0.5) is 0 Å². The average Bonchev–Trinajstić information content (AvgIpc) is 1.64. The predicted molar refractivity (Wildman–Crippen MR) is 40.5 cm³/mol. The summed E-state index contributed by atoms with van der Waals surface area (Å²) in [6, 6.07) is 0.